The normalized spacial score (nSPS) is 17.9. The van der Waals surface area contributed by atoms with Crippen LogP contribution in [-0.4, -0.2) is 55.1 Å². The van der Waals surface area contributed by atoms with Gasteiger partial charge in [0.15, 0.2) is 0 Å². The summed E-state index contributed by atoms with van der Waals surface area (Å²) in [6.07, 6.45) is 0.0270. The molecule has 0 radical (unpaired) electrons. The zero-order valence-corrected chi connectivity index (χ0v) is 16.1. The molecule has 1 fully saturated rings. The molecule has 2 heterocycles. The number of carbonyl (C=O) groups is 1. The van der Waals surface area contributed by atoms with Gasteiger partial charge >= 0.3 is 6.09 Å². The highest BCUT2D eigenvalue weighted by Crippen LogP contribution is 2.30. The van der Waals surface area contributed by atoms with Crippen molar-refractivity contribution in [3.8, 4) is 5.75 Å². The lowest BCUT2D eigenvalue weighted by molar-refractivity contribution is 0.0638. The Kier molecular flexibility index (Phi) is 5.50. The standard InChI is InChI=1S/C22H26N2O4/c1-16-4-2-6-19(12-16)28-15-18(25)14-23-9-8-20-17(13-23)5-3-7-21(20)24-10-11-27-22(24)26/h2-7,12,18,25H,8-11,13-15H2,1H3. The third-order valence-electron chi connectivity index (χ3n) is 5.27. The summed E-state index contributed by atoms with van der Waals surface area (Å²) in [4.78, 5) is 15.9. The second kappa shape index (κ2) is 8.20. The second-order valence-electron chi connectivity index (χ2n) is 7.45. The molecule has 28 heavy (non-hydrogen) atoms. The number of aliphatic hydroxyl groups excluding tert-OH is 1. The van der Waals surface area contributed by atoms with Crippen LogP contribution in [0, 0.1) is 6.92 Å². The van der Waals surface area contributed by atoms with Gasteiger partial charge in [-0.2, -0.15) is 0 Å². The van der Waals surface area contributed by atoms with Gasteiger partial charge in [0.25, 0.3) is 0 Å². The Bertz CT molecular complexity index is 854. The maximum absolute atomic E-state index is 11.9. The van der Waals surface area contributed by atoms with Gasteiger partial charge in [-0.25, -0.2) is 4.79 Å². The Labute approximate surface area is 165 Å². The molecule has 148 valence electrons. The fraction of sp³-hybridized carbons (Fsp3) is 0.409. The van der Waals surface area contributed by atoms with Crippen molar-refractivity contribution in [2.45, 2.75) is 26.0 Å². The molecule has 1 amide bonds. The van der Waals surface area contributed by atoms with Gasteiger partial charge < -0.3 is 14.6 Å². The Hall–Kier alpha value is -2.57. The number of hydrogen-bond donors (Lipinski definition) is 1. The molecule has 0 spiro atoms. The Morgan fingerprint density at radius 2 is 2.07 bits per heavy atom. The van der Waals surface area contributed by atoms with Crippen molar-refractivity contribution in [3.63, 3.8) is 0 Å². The van der Waals surface area contributed by atoms with E-state index in [1.165, 1.54) is 11.1 Å². The molecule has 1 N–H and O–H groups in total. The lowest BCUT2D eigenvalue weighted by Gasteiger charge is -2.32. The average Bonchev–Trinajstić information content (AvgIpc) is 3.11. The number of aryl methyl sites for hydroxylation is 1. The molecule has 0 bridgehead atoms. The van der Waals surface area contributed by atoms with Gasteiger partial charge in [-0.3, -0.25) is 9.80 Å². The number of benzene rings is 2. The smallest absolute Gasteiger partial charge is 0.414 e. The van der Waals surface area contributed by atoms with Crippen LogP contribution in [0.2, 0.25) is 0 Å². The maximum Gasteiger partial charge on any atom is 0.414 e. The second-order valence-corrected chi connectivity index (χ2v) is 7.45. The zero-order valence-electron chi connectivity index (χ0n) is 16.1. The number of anilines is 1. The summed E-state index contributed by atoms with van der Waals surface area (Å²) < 4.78 is 10.8. The van der Waals surface area contributed by atoms with E-state index >= 15 is 0 Å². The molecular weight excluding hydrogens is 356 g/mol. The number of aliphatic hydroxyl groups is 1. The quantitative estimate of drug-likeness (QED) is 0.832. The highest BCUT2D eigenvalue weighted by Gasteiger charge is 2.28. The highest BCUT2D eigenvalue weighted by molar-refractivity contribution is 5.90. The number of amides is 1. The predicted molar refractivity (Wildman–Crippen MR) is 107 cm³/mol. The van der Waals surface area contributed by atoms with Gasteiger partial charge in [-0.05, 0) is 48.2 Å². The lowest BCUT2D eigenvalue weighted by Crippen LogP contribution is -2.39. The molecule has 2 aromatic rings. The van der Waals surface area contributed by atoms with E-state index in [2.05, 4.69) is 11.0 Å². The molecule has 1 atom stereocenters. The van der Waals surface area contributed by atoms with Crippen molar-refractivity contribution in [2.24, 2.45) is 0 Å². The molecule has 1 saturated heterocycles. The van der Waals surface area contributed by atoms with E-state index in [0.717, 1.165) is 36.5 Å². The number of carbonyl (C=O) groups excluding carboxylic acids is 1. The van der Waals surface area contributed by atoms with Gasteiger partial charge in [-0.15, -0.1) is 0 Å². The summed E-state index contributed by atoms with van der Waals surface area (Å²) in [6, 6.07) is 13.9. The molecule has 1 unspecified atom stereocenters. The van der Waals surface area contributed by atoms with Crippen LogP contribution >= 0.6 is 0 Å². The molecule has 0 aromatic heterocycles. The predicted octanol–water partition coefficient (Wildman–Crippen LogP) is 2.75. The Balaban J connectivity index is 1.36. The van der Waals surface area contributed by atoms with Gasteiger partial charge in [0, 0.05) is 19.6 Å². The molecule has 2 aliphatic heterocycles. The molecule has 4 rings (SSSR count). The van der Waals surface area contributed by atoms with E-state index in [4.69, 9.17) is 9.47 Å². The summed E-state index contributed by atoms with van der Waals surface area (Å²) in [5.74, 6) is 0.783. The van der Waals surface area contributed by atoms with E-state index in [-0.39, 0.29) is 12.7 Å². The molecule has 0 aliphatic carbocycles. The lowest BCUT2D eigenvalue weighted by atomic mass is 9.97. The van der Waals surface area contributed by atoms with Crippen molar-refractivity contribution in [1.29, 1.82) is 0 Å². The summed E-state index contributed by atoms with van der Waals surface area (Å²) in [7, 11) is 0. The van der Waals surface area contributed by atoms with Crippen LogP contribution in [0.3, 0.4) is 0 Å². The first-order valence-corrected chi connectivity index (χ1v) is 9.75. The summed E-state index contributed by atoms with van der Waals surface area (Å²) in [5.41, 5.74) is 4.51. The van der Waals surface area contributed by atoms with Gasteiger partial charge in [0.05, 0.1) is 12.2 Å². The van der Waals surface area contributed by atoms with Crippen LogP contribution in [0.15, 0.2) is 42.5 Å². The van der Waals surface area contributed by atoms with Crippen LogP contribution in [0.1, 0.15) is 16.7 Å². The number of nitrogens with zero attached hydrogens (tertiary/aromatic N) is 2. The number of hydrogen-bond acceptors (Lipinski definition) is 5. The minimum absolute atomic E-state index is 0.264. The van der Waals surface area contributed by atoms with Crippen molar-refractivity contribution in [3.05, 3.63) is 59.2 Å². The van der Waals surface area contributed by atoms with E-state index in [1.54, 1.807) is 4.90 Å². The van der Waals surface area contributed by atoms with Crippen LogP contribution < -0.4 is 9.64 Å². The zero-order chi connectivity index (χ0) is 19.5. The first-order chi connectivity index (χ1) is 13.6. The van der Waals surface area contributed by atoms with Crippen LogP contribution in [0.5, 0.6) is 5.75 Å². The SMILES string of the molecule is Cc1cccc(OCC(O)CN2CCc3c(cccc3N3CCOC3=O)C2)c1. The van der Waals surface area contributed by atoms with Gasteiger partial charge in [0.2, 0.25) is 0 Å². The molecule has 2 aromatic carbocycles. The van der Waals surface area contributed by atoms with Crippen LogP contribution in [0.4, 0.5) is 10.5 Å². The van der Waals surface area contributed by atoms with Crippen molar-refractivity contribution in [2.75, 3.05) is 37.7 Å². The maximum atomic E-state index is 11.9. The molecule has 6 nitrogen and oxygen atoms in total. The largest absolute Gasteiger partial charge is 0.491 e. The summed E-state index contributed by atoms with van der Waals surface area (Å²) in [6.45, 7) is 5.50. The number of cyclic esters (lactones) is 1. The molecule has 2 aliphatic rings. The fourth-order valence-corrected chi connectivity index (χ4v) is 3.92. The minimum atomic E-state index is -0.557. The average molecular weight is 382 g/mol. The van der Waals surface area contributed by atoms with Crippen LogP contribution in [0.25, 0.3) is 0 Å². The minimum Gasteiger partial charge on any atom is -0.491 e. The van der Waals surface area contributed by atoms with E-state index in [1.807, 2.05) is 43.3 Å². The van der Waals surface area contributed by atoms with E-state index < -0.39 is 6.10 Å². The number of ether oxygens (including phenoxy) is 2. The van der Waals surface area contributed by atoms with Crippen molar-refractivity contribution in [1.82, 2.24) is 4.90 Å². The first kappa shape index (κ1) is 18.8. The highest BCUT2D eigenvalue weighted by atomic mass is 16.6. The van der Waals surface area contributed by atoms with Gasteiger partial charge in [-0.1, -0.05) is 24.3 Å². The number of β-amino-alcohol motifs (C(OH)–C–C–N with tert-alkyl or cyclic N) is 1. The van der Waals surface area contributed by atoms with E-state index in [0.29, 0.717) is 19.7 Å². The van der Waals surface area contributed by atoms with Crippen LogP contribution in [-0.2, 0) is 17.7 Å². The molecule has 6 heteroatoms. The third kappa shape index (κ3) is 4.13. The van der Waals surface area contributed by atoms with Gasteiger partial charge in [0.1, 0.15) is 25.1 Å². The Morgan fingerprint density at radius 1 is 1.21 bits per heavy atom. The summed E-state index contributed by atoms with van der Waals surface area (Å²) in [5, 5.41) is 10.4. The first-order valence-electron chi connectivity index (χ1n) is 9.75. The van der Waals surface area contributed by atoms with E-state index in [9.17, 15) is 9.90 Å². The monoisotopic (exact) mass is 382 g/mol. The number of fused-ring (bicyclic) bond motifs is 1. The topological polar surface area (TPSA) is 62.2 Å². The number of rotatable bonds is 6. The summed E-state index contributed by atoms with van der Waals surface area (Å²) >= 11 is 0. The fourth-order valence-electron chi connectivity index (χ4n) is 3.92. The van der Waals surface area contributed by atoms with Crippen molar-refractivity contribution >= 4 is 11.8 Å². The molecule has 0 saturated carbocycles. The molecular formula is C22H26N2O4. The Morgan fingerprint density at radius 3 is 2.86 bits per heavy atom. The third-order valence-corrected chi connectivity index (χ3v) is 5.27. The van der Waals surface area contributed by atoms with Crippen molar-refractivity contribution < 1.29 is 19.4 Å².